The number of phenolic OH excluding ortho intramolecular Hbond substituents is 6. The first-order valence-corrected chi connectivity index (χ1v) is 13.3. The van der Waals surface area contributed by atoms with Crippen molar-refractivity contribution >= 4 is 23.0 Å². The van der Waals surface area contributed by atoms with Gasteiger partial charge in [-0.1, -0.05) is 6.07 Å². The summed E-state index contributed by atoms with van der Waals surface area (Å²) in [6.45, 7) is -0.666. The van der Waals surface area contributed by atoms with Crippen LogP contribution in [0.3, 0.4) is 0 Å². The molecular weight excluding hydrogens is 616 g/mol. The molecule has 0 bridgehead atoms. The third-order valence-corrected chi connectivity index (χ3v) is 7.02. The third kappa shape index (κ3) is 6.00. The zero-order valence-electron chi connectivity index (χ0n) is 23.2. The zero-order chi connectivity index (χ0) is 33.4. The van der Waals surface area contributed by atoms with Crippen molar-refractivity contribution in [2.75, 3.05) is 6.61 Å². The van der Waals surface area contributed by atoms with Crippen LogP contribution in [0.1, 0.15) is 5.56 Å². The van der Waals surface area contributed by atoms with Crippen molar-refractivity contribution < 1.29 is 74.5 Å². The van der Waals surface area contributed by atoms with Gasteiger partial charge in [0.1, 0.15) is 42.0 Å². The fraction of sp³-hybridized carbons (Fsp3) is 0.200. The maximum Gasteiger partial charge on any atom is 0.330 e. The number of aromatic hydroxyl groups is 7. The topological polar surface area (TPSA) is 277 Å². The van der Waals surface area contributed by atoms with Gasteiger partial charge in [0.05, 0.1) is 0 Å². The number of ether oxygens (including phenoxy) is 3. The van der Waals surface area contributed by atoms with Crippen molar-refractivity contribution in [3.8, 4) is 57.3 Å². The molecule has 1 aliphatic heterocycles. The van der Waals surface area contributed by atoms with E-state index in [2.05, 4.69) is 0 Å². The lowest BCUT2D eigenvalue weighted by atomic mass is 9.99. The highest BCUT2D eigenvalue weighted by Gasteiger charge is 2.46. The Morgan fingerprint density at radius 3 is 2.13 bits per heavy atom. The average molecular weight is 643 g/mol. The van der Waals surface area contributed by atoms with Gasteiger partial charge >= 0.3 is 5.97 Å². The largest absolute Gasteiger partial charge is 0.504 e. The van der Waals surface area contributed by atoms with E-state index >= 15 is 0 Å². The molecule has 1 fully saturated rings. The Bertz CT molecular complexity index is 1900. The van der Waals surface area contributed by atoms with E-state index in [-0.39, 0.29) is 11.3 Å². The zero-order valence-corrected chi connectivity index (χ0v) is 23.2. The number of phenols is 6. The summed E-state index contributed by atoms with van der Waals surface area (Å²) in [7, 11) is 0. The minimum atomic E-state index is -1.95. The predicted molar refractivity (Wildman–Crippen MR) is 153 cm³/mol. The van der Waals surface area contributed by atoms with Gasteiger partial charge in [0.15, 0.2) is 40.3 Å². The Morgan fingerprint density at radius 1 is 0.783 bits per heavy atom. The molecule has 0 amide bonds. The highest BCUT2D eigenvalue weighted by Crippen LogP contribution is 2.44. The first kappa shape index (κ1) is 31.7. The molecule has 3 aromatic carbocycles. The number of hydrogen-bond acceptors (Lipinski definition) is 16. The van der Waals surface area contributed by atoms with Crippen LogP contribution >= 0.6 is 0 Å². The smallest absolute Gasteiger partial charge is 0.330 e. The van der Waals surface area contributed by atoms with Crippen LogP contribution in [0.4, 0.5) is 0 Å². The Morgan fingerprint density at radius 2 is 1.46 bits per heavy atom. The van der Waals surface area contributed by atoms with E-state index in [1.807, 2.05) is 0 Å². The van der Waals surface area contributed by atoms with E-state index in [9.17, 15) is 60.7 Å². The van der Waals surface area contributed by atoms with Gasteiger partial charge in [0, 0.05) is 17.7 Å². The molecule has 0 spiro atoms. The molecule has 4 aromatic rings. The summed E-state index contributed by atoms with van der Waals surface area (Å²) in [5.41, 5.74) is -1.36. The lowest BCUT2D eigenvalue weighted by molar-refractivity contribution is -0.278. The van der Waals surface area contributed by atoms with Gasteiger partial charge in [-0.2, -0.15) is 0 Å². The van der Waals surface area contributed by atoms with Crippen LogP contribution in [-0.2, 0) is 14.3 Å². The van der Waals surface area contributed by atoms with E-state index in [1.165, 1.54) is 30.3 Å². The minimum absolute atomic E-state index is 0.0570. The lowest BCUT2D eigenvalue weighted by Gasteiger charge is -2.39. The van der Waals surface area contributed by atoms with Gasteiger partial charge in [0.2, 0.25) is 23.2 Å². The first-order valence-electron chi connectivity index (χ1n) is 13.3. The Labute approximate surface area is 256 Å². The van der Waals surface area contributed by atoms with Crippen LogP contribution in [0.5, 0.6) is 46.0 Å². The fourth-order valence-corrected chi connectivity index (χ4v) is 4.54. The molecule has 2 unspecified atom stereocenters. The van der Waals surface area contributed by atoms with E-state index in [1.54, 1.807) is 0 Å². The maximum atomic E-state index is 12.9. The van der Waals surface area contributed by atoms with Gasteiger partial charge in [-0.25, -0.2) is 4.79 Å². The molecule has 10 N–H and O–H groups in total. The standard InChI is InChI=1S/C30H26O16/c31-13-4-1-11(7-15(13)33)2-6-20(35)43-10-19-23(37)26(40)28(42)30(46-19)45-18-9-17-21(24(38)22(18)36)25(39)27(41)29(44-17)12-3-5-14(32)16(34)8-12/h1-9,19,23,26,28,30-34,36-38,40-42H,10H2/b6-2+/t19?,23-,26+,28?,30-/m1/s1. The van der Waals surface area contributed by atoms with Gasteiger partial charge in [-0.3, -0.25) is 4.79 Å². The summed E-state index contributed by atoms with van der Waals surface area (Å²) in [5, 5.41) is 101. The molecule has 16 heteroatoms. The number of esters is 1. The molecule has 46 heavy (non-hydrogen) atoms. The number of aliphatic hydroxyl groups excluding tert-OH is 3. The van der Waals surface area contributed by atoms with E-state index in [0.29, 0.717) is 5.56 Å². The Kier molecular flexibility index (Phi) is 8.53. The quantitative estimate of drug-likeness (QED) is 0.0759. The summed E-state index contributed by atoms with van der Waals surface area (Å²) >= 11 is 0. The normalized spacial score (nSPS) is 21.4. The summed E-state index contributed by atoms with van der Waals surface area (Å²) in [5.74, 6) is -7.11. The van der Waals surface area contributed by atoms with Gasteiger partial charge < -0.3 is 69.7 Å². The Hall–Kier alpha value is -5.68. The highest BCUT2D eigenvalue weighted by atomic mass is 16.7. The van der Waals surface area contributed by atoms with Gasteiger partial charge in [-0.05, 0) is 42.0 Å². The van der Waals surface area contributed by atoms with Crippen LogP contribution in [-0.4, -0.2) is 94.3 Å². The second kappa shape index (κ2) is 12.4. The molecule has 242 valence electrons. The van der Waals surface area contributed by atoms with Crippen molar-refractivity contribution in [1.29, 1.82) is 0 Å². The molecule has 0 aliphatic carbocycles. The molecule has 1 saturated heterocycles. The number of carbonyl (C=O) groups excluding carboxylic acids is 1. The molecule has 2 heterocycles. The van der Waals surface area contributed by atoms with Crippen LogP contribution in [0.15, 0.2) is 57.8 Å². The van der Waals surface area contributed by atoms with Crippen LogP contribution in [0.2, 0.25) is 0 Å². The fourth-order valence-electron chi connectivity index (χ4n) is 4.54. The van der Waals surface area contributed by atoms with Crippen LogP contribution in [0.25, 0.3) is 28.4 Å². The number of aliphatic hydroxyl groups is 3. The lowest BCUT2D eigenvalue weighted by Crippen LogP contribution is -2.60. The van der Waals surface area contributed by atoms with Crippen molar-refractivity contribution in [3.63, 3.8) is 0 Å². The molecule has 5 rings (SSSR count). The summed E-state index contributed by atoms with van der Waals surface area (Å²) in [6, 6.07) is 7.92. The molecule has 1 aromatic heterocycles. The molecule has 5 atom stereocenters. The summed E-state index contributed by atoms with van der Waals surface area (Å²) in [6.07, 6.45) is -6.79. The van der Waals surface area contributed by atoms with E-state index in [0.717, 1.165) is 24.3 Å². The molecular formula is C30H26O16. The molecule has 16 nitrogen and oxygen atoms in total. The minimum Gasteiger partial charge on any atom is -0.504 e. The Balaban J connectivity index is 1.38. The van der Waals surface area contributed by atoms with Crippen LogP contribution in [0, 0.1) is 0 Å². The number of benzene rings is 3. The van der Waals surface area contributed by atoms with Crippen molar-refractivity contribution in [1.82, 2.24) is 0 Å². The first-order chi connectivity index (χ1) is 21.8. The maximum absolute atomic E-state index is 12.9. The van der Waals surface area contributed by atoms with Crippen molar-refractivity contribution in [2.24, 2.45) is 0 Å². The van der Waals surface area contributed by atoms with Crippen LogP contribution < -0.4 is 10.2 Å². The number of carbonyl (C=O) groups is 1. The second-order valence-electron chi connectivity index (χ2n) is 10.1. The second-order valence-corrected chi connectivity index (χ2v) is 10.1. The van der Waals surface area contributed by atoms with E-state index in [4.69, 9.17) is 18.6 Å². The molecule has 1 aliphatic rings. The number of rotatable bonds is 7. The van der Waals surface area contributed by atoms with Crippen molar-refractivity contribution in [3.05, 3.63) is 64.3 Å². The monoisotopic (exact) mass is 642 g/mol. The summed E-state index contributed by atoms with van der Waals surface area (Å²) in [4.78, 5) is 25.1. The predicted octanol–water partition coefficient (Wildman–Crippen LogP) is 0.842. The average Bonchev–Trinajstić information content (AvgIpc) is 3.02. The van der Waals surface area contributed by atoms with Gasteiger partial charge in [0.25, 0.3) is 0 Å². The van der Waals surface area contributed by atoms with E-state index < -0.39 is 106 Å². The SMILES string of the molecule is O=C(/C=C/c1ccc(O)c(O)c1)OCC1O[C@@H](Oc2cc3oc(-c4ccc(O)c(O)c4)c(O)c(=O)c3c(O)c2O)C(O)[C@@H](O)[C@@H]1O. The number of fused-ring (bicyclic) bond motifs is 1. The van der Waals surface area contributed by atoms with Crippen molar-refractivity contribution in [2.45, 2.75) is 30.7 Å². The summed E-state index contributed by atoms with van der Waals surface area (Å²) < 4.78 is 21.5. The molecule has 0 saturated carbocycles. The number of hydrogen-bond donors (Lipinski definition) is 10. The highest BCUT2D eigenvalue weighted by molar-refractivity contribution is 5.91. The third-order valence-electron chi connectivity index (χ3n) is 7.02. The molecule has 0 radical (unpaired) electrons. The van der Waals surface area contributed by atoms with Gasteiger partial charge in [-0.15, -0.1) is 0 Å².